The second kappa shape index (κ2) is 4.84. The summed E-state index contributed by atoms with van der Waals surface area (Å²) in [6, 6.07) is 0.141. The predicted molar refractivity (Wildman–Crippen MR) is 59.7 cm³/mol. The summed E-state index contributed by atoms with van der Waals surface area (Å²) in [6.45, 7) is 5.30. The van der Waals surface area contributed by atoms with Crippen LogP contribution in [0.3, 0.4) is 0 Å². The van der Waals surface area contributed by atoms with Crippen molar-refractivity contribution in [2.75, 3.05) is 0 Å². The number of nitrogens with one attached hydrogen (secondary N) is 2. The monoisotopic (exact) mass is 214 g/mol. The summed E-state index contributed by atoms with van der Waals surface area (Å²) in [6.07, 6.45) is 3.98. The van der Waals surface area contributed by atoms with Crippen molar-refractivity contribution in [3.8, 4) is 0 Å². The maximum absolute atomic E-state index is 11.6. The summed E-state index contributed by atoms with van der Waals surface area (Å²) < 4.78 is 0. The average Bonchev–Trinajstić information content (AvgIpc) is 2.54. The lowest BCUT2D eigenvalue weighted by atomic mass is 9.99. The zero-order valence-electron chi connectivity index (χ0n) is 9.84. The van der Waals surface area contributed by atoms with E-state index in [1.54, 1.807) is 6.92 Å². The molecule has 1 atom stereocenters. The molecule has 88 valence electrons. The Morgan fingerprint density at radius 2 is 1.93 bits per heavy atom. The molecule has 0 spiro atoms. The number of aliphatic hydroxyl groups excluding tert-OH is 1. The third-order valence-corrected chi connectivity index (χ3v) is 3.17. The van der Waals surface area contributed by atoms with Crippen LogP contribution in [0.5, 0.6) is 0 Å². The lowest BCUT2D eigenvalue weighted by molar-refractivity contribution is 0.101. The van der Waals surface area contributed by atoms with Gasteiger partial charge < -0.3 is 15.7 Å². The Hall–Kier alpha value is -0.770. The van der Waals surface area contributed by atoms with E-state index in [0.717, 1.165) is 12.8 Å². The second-order valence-corrected chi connectivity index (χ2v) is 4.98. The molecule has 1 rings (SSSR count). The van der Waals surface area contributed by atoms with Gasteiger partial charge in [0.25, 0.3) is 0 Å². The number of hydrogen-bond acceptors (Lipinski definition) is 2. The van der Waals surface area contributed by atoms with Crippen LogP contribution in [-0.2, 0) is 0 Å². The van der Waals surface area contributed by atoms with Crippen LogP contribution in [-0.4, -0.2) is 28.8 Å². The van der Waals surface area contributed by atoms with Gasteiger partial charge >= 0.3 is 6.03 Å². The maximum Gasteiger partial charge on any atom is 0.315 e. The lowest BCUT2D eigenvalue weighted by Gasteiger charge is -2.30. The van der Waals surface area contributed by atoms with Crippen molar-refractivity contribution < 1.29 is 9.90 Å². The van der Waals surface area contributed by atoms with Crippen molar-refractivity contribution in [3.05, 3.63) is 0 Å². The Kier molecular flexibility index (Phi) is 3.97. The first-order chi connectivity index (χ1) is 6.92. The topological polar surface area (TPSA) is 61.4 Å². The molecular weight excluding hydrogens is 192 g/mol. The van der Waals surface area contributed by atoms with Gasteiger partial charge in [0.15, 0.2) is 0 Å². The number of urea groups is 1. The Labute approximate surface area is 91.4 Å². The fourth-order valence-corrected chi connectivity index (χ4v) is 1.69. The first-order valence-corrected chi connectivity index (χ1v) is 5.68. The van der Waals surface area contributed by atoms with Crippen molar-refractivity contribution in [1.29, 1.82) is 0 Å². The third-order valence-electron chi connectivity index (χ3n) is 3.17. The smallest absolute Gasteiger partial charge is 0.315 e. The Bertz CT molecular complexity index is 221. The van der Waals surface area contributed by atoms with Crippen LogP contribution in [0.2, 0.25) is 0 Å². The molecule has 3 N–H and O–H groups in total. The van der Waals surface area contributed by atoms with Crippen LogP contribution < -0.4 is 10.6 Å². The summed E-state index contributed by atoms with van der Waals surface area (Å²) >= 11 is 0. The van der Waals surface area contributed by atoms with Crippen molar-refractivity contribution in [2.24, 2.45) is 0 Å². The zero-order valence-corrected chi connectivity index (χ0v) is 9.84. The van der Waals surface area contributed by atoms with Crippen LogP contribution in [0.15, 0.2) is 0 Å². The van der Waals surface area contributed by atoms with E-state index in [1.807, 2.05) is 13.8 Å². The number of carbonyl (C=O) groups excluding carboxylic acids is 1. The molecule has 0 bridgehead atoms. The van der Waals surface area contributed by atoms with Gasteiger partial charge in [-0.2, -0.15) is 0 Å². The van der Waals surface area contributed by atoms with E-state index in [0.29, 0.717) is 6.04 Å². The van der Waals surface area contributed by atoms with E-state index in [-0.39, 0.29) is 6.03 Å². The molecule has 1 aliphatic carbocycles. The molecule has 1 saturated carbocycles. The second-order valence-electron chi connectivity index (χ2n) is 4.98. The summed E-state index contributed by atoms with van der Waals surface area (Å²) in [5.74, 6) is 0. The molecule has 0 radical (unpaired) electrons. The van der Waals surface area contributed by atoms with Gasteiger partial charge in [-0.05, 0) is 33.6 Å². The van der Waals surface area contributed by atoms with Gasteiger partial charge in [-0.1, -0.05) is 12.8 Å². The highest BCUT2D eigenvalue weighted by Crippen LogP contribution is 2.17. The Balaban J connectivity index is 2.34. The molecule has 2 amide bonds. The molecule has 1 aliphatic rings. The first kappa shape index (κ1) is 12.3. The van der Waals surface area contributed by atoms with Gasteiger partial charge in [0, 0.05) is 6.04 Å². The highest BCUT2D eigenvalue weighted by Gasteiger charge is 2.27. The van der Waals surface area contributed by atoms with Gasteiger partial charge in [0.1, 0.15) is 0 Å². The molecule has 4 heteroatoms. The number of amides is 2. The van der Waals surface area contributed by atoms with E-state index in [2.05, 4.69) is 10.6 Å². The standard InChI is InChI=1S/C11H22N2O2/c1-8(14)11(2,3)13-10(15)12-9-6-4-5-7-9/h8-9,14H,4-7H2,1-3H3,(H2,12,13,15). The average molecular weight is 214 g/mol. The van der Waals surface area contributed by atoms with Crippen LogP contribution in [0.25, 0.3) is 0 Å². The highest BCUT2D eigenvalue weighted by molar-refractivity contribution is 5.75. The maximum atomic E-state index is 11.6. The minimum Gasteiger partial charge on any atom is -0.391 e. The van der Waals surface area contributed by atoms with Gasteiger partial charge in [-0.15, -0.1) is 0 Å². The van der Waals surface area contributed by atoms with Gasteiger partial charge in [0.2, 0.25) is 0 Å². The molecular formula is C11H22N2O2. The highest BCUT2D eigenvalue weighted by atomic mass is 16.3. The van der Waals surface area contributed by atoms with Crippen LogP contribution in [0, 0.1) is 0 Å². The van der Waals surface area contributed by atoms with E-state index >= 15 is 0 Å². The zero-order chi connectivity index (χ0) is 11.5. The van der Waals surface area contributed by atoms with Crippen molar-refractivity contribution in [2.45, 2.75) is 64.1 Å². The van der Waals surface area contributed by atoms with Crippen molar-refractivity contribution >= 4 is 6.03 Å². The molecule has 0 aliphatic heterocycles. The normalized spacial score (nSPS) is 20.0. The van der Waals surface area contributed by atoms with Crippen molar-refractivity contribution in [1.82, 2.24) is 10.6 Å². The Morgan fingerprint density at radius 1 is 1.40 bits per heavy atom. The predicted octanol–water partition coefficient (Wildman–Crippen LogP) is 1.39. The SMILES string of the molecule is CC(O)C(C)(C)NC(=O)NC1CCCC1. The van der Waals surface area contributed by atoms with Gasteiger partial charge in [-0.25, -0.2) is 4.79 Å². The Morgan fingerprint density at radius 3 is 2.40 bits per heavy atom. The van der Waals surface area contributed by atoms with E-state index < -0.39 is 11.6 Å². The van der Waals surface area contributed by atoms with Crippen molar-refractivity contribution in [3.63, 3.8) is 0 Å². The fraction of sp³-hybridized carbons (Fsp3) is 0.909. The molecule has 4 nitrogen and oxygen atoms in total. The number of hydrogen-bond donors (Lipinski definition) is 3. The number of aliphatic hydroxyl groups is 1. The van der Waals surface area contributed by atoms with Crippen LogP contribution >= 0.6 is 0 Å². The number of rotatable bonds is 3. The largest absolute Gasteiger partial charge is 0.391 e. The summed E-state index contributed by atoms with van der Waals surface area (Å²) in [5.41, 5.74) is -0.581. The summed E-state index contributed by atoms with van der Waals surface area (Å²) in [5, 5.41) is 15.2. The fourth-order valence-electron chi connectivity index (χ4n) is 1.69. The summed E-state index contributed by atoms with van der Waals surface area (Å²) in [4.78, 5) is 11.6. The molecule has 1 fully saturated rings. The van der Waals surface area contributed by atoms with Crippen LogP contribution in [0.1, 0.15) is 46.5 Å². The molecule has 0 aromatic heterocycles. The molecule has 1 unspecified atom stereocenters. The molecule has 15 heavy (non-hydrogen) atoms. The van der Waals surface area contributed by atoms with Gasteiger partial charge in [0.05, 0.1) is 11.6 Å². The summed E-state index contributed by atoms with van der Waals surface area (Å²) in [7, 11) is 0. The molecule has 0 heterocycles. The van der Waals surface area contributed by atoms with E-state index in [9.17, 15) is 9.90 Å². The van der Waals surface area contributed by atoms with Crippen LogP contribution in [0.4, 0.5) is 4.79 Å². The molecule has 0 saturated heterocycles. The minimum atomic E-state index is -0.581. The third kappa shape index (κ3) is 3.70. The number of carbonyl (C=O) groups is 1. The van der Waals surface area contributed by atoms with E-state index in [1.165, 1.54) is 12.8 Å². The van der Waals surface area contributed by atoms with E-state index in [4.69, 9.17) is 0 Å². The van der Waals surface area contributed by atoms with Gasteiger partial charge in [-0.3, -0.25) is 0 Å². The molecule has 0 aromatic carbocycles. The molecule has 0 aromatic rings. The minimum absolute atomic E-state index is 0.173. The first-order valence-electron chi connectivity index (χ1n) is 5.68. The quantitative estimate of drug-likeness (QED) is 0.665. The lowest BCUT2D eigenvalue weighted by Crippen LogP contribution is -2.55.